The van der Waals surface area contributed by atoms with Gasteiger partial charge in [-0.15, -0.1) is 0 Å². The van der Waals surface area contributed by atoms with Gasteiger partial charge in [-0.2, -0.15) is 0 Å². The van der Waals surface area contributed by atoms with Crippen molar-refractivity contribution in [2.24, 2.45) is 11.7 Å². The predicted molar refractivity (Wildman–Crippen MR) is 79.5 cm³/mol. The molecule has 1 rings (SSSR count). The lowest BCUT2D eigenvalue weighted by atomic mass is 10.1. The highest BCUT2D eigenvalue weighted by molar-refractivity contribution is 9.10. The van der Waals surface area contributed by atoms with Crippen molar-refractivity contribution in [1.29, 1.82) is 0 Å². The van der Waals surface area contributed by atoms with Crippen LogP contribution in [0.15, 0.2) is 22.7 Å². The summed E-state index contributed by atoms with van der Waals surface area (Å²) in [5, 5.41) is 0. The number of anilines is 1. The van der Waals surface area contributed by atoms with E-state index in [1.165, 1.54) is 12.1 Å². The van der Waals surface area contributed by atoms with Gasteiger partial charge < -0.3 is 10.6 Å². The Morgan fingerprint density at radius 2 is 1.94 bits per heavy atom. The molecule has 1 atom stereocenters. The van der Waals surface area contributed by atoms with Gasteiger partial charge in [0.25, 0.3) is 0 Å². The van der Waals surface area contributed by atoms with E-state index in [9.17, 15) is 0 Å². The molecule has 0 amide bonds. The lowest BCUT2D eigenvalue weighted by Gasteiger charge is -2.22. The van der Waals surface area contributed by atoms with Gasteiger partial charge in [-0.05, 0) is 52.9 Å². The second-order valence-electron chi connectivity index (χ2n) is 5.10. The molecule has 0 saturated carbocycles. The molecular weight excluding hydrogens is 276 g/mol. The summed E-state index contributed by atoms with van der Waals surface area (Å²) in [5.74, 6) is 0.736. The molecule has 3 heteroatoms. The fourth-order valence-electron chi connectivity index (χ4n) is 1.69. The van der Waals surface area contributed by atoms with E-state index in [1.54, 1.807) is 0 Å². The van der Waals surface area contributed by atoms with Crippen molar-refractivity contribution >= 4 is 21.6 Å². The molecule has 17 heavy (non-hydrogen) atoms. The second kappa shape index (κ2) is 6.41. The average Bonchev–Trinajstić information content (AvgIpc) is 2.25. The van der Waals surface area contributed by atoms with Gasteiger partial charge in [0.15, 0.2) is 0 Å². The Bertz CT molecular complexity index is 361. The van der Waals surface area contributed by atoms with Crippen LogP contribution < -0.4 is 10.6 Å². The van der Waals surface area contributed by atoms with Gasteiger partial charge in [-0.3, -0.25) is 0 Å². The smallest absolute Gasteiger partial charge is 0.0508 e. The maximum Gasteiger partial charge on any atom is 0.0508 e. The molecule has 0 bridgehead atoms. The summed E-state index contributed by atoms with van der Waals surface area (Å²) < 4.78 is 1.12. The summed E-state index contributed by atoms with van der Waals surface area (Å²) in [7, 11) is 2.13. The third kappa shape index (κ3) is 4.32. The number of benzene rings is 1. The Morgan fingerprint density at radius 1 is 1.29 bits per heavy atom. The van der Waals surface area contributed by atoms with Crippen molar-refractivity contribution in [1.82, 2.24) is 0 Å². The highest BCUT2D eigenvalue weighted by Crippen LogP contribution is 2.28. The summed E-state index contributed by atoms with van der Waals surface area (Å²) in [6.45, 7) is 7.59. The first-order chi connectivity index (χ1) is 7.91. The highest BCUT2D eigenvalue weighted by atomic mass is 79.9. The van der Waals surface area contributed by atoms with E-state index in [1.807, 2.05) is 6.92 Å². The van der Waals surface area contributed by atoms with Crippen molar-refractivity contribution in [3.63, 3.8) is 0 Å². The Labute approximate surface area is 113 Å². The van der Waals surface area contributed by atoms with Crippen LogP contribution in [0.5, 0.6) is 0 Å². The molecule has 0 aliphatic heterocycles. The molecule has 0 saturated heterocycles. The van der Waals surface area contributed by atoms with E-state index in [-0.39, 0.29) is 6.04 Å². The Hall–Kier alpha value is -0.540. The summed E-state index contributed by atoms with van der Waals surface area (Å²) in [4.78, 5) is 2.29. The number of halogens is 1. The summed E-state index contributed by atoms with van der Waals surface area (Å²) in [6.07, 6.45) is 1.21. The first kappa shape index (κ1) is 14.5. The van der Waals surface area contributed by atoms with Crippen LogP contribution in [0.4, 0.5) is 5.69 Å². The maximum atomic E-state index is 5.87. The largest absolute Gasteiger partial charge is 0.374 e. The molecule has 0 aliphatic rings. The van der Waals surface area contributed by atoms with Crippen molar-refractivity contribution in [2.75, 3.05) is 18.5 Å². The monoisotopic (exact) mass is 298 g/mol. The van der Waals surface area contributed by atoms with Crippen LogP contribution in [0.1, 0.15) is 38.8 Å². The number of nitrogens with zero attached hydrogens (tertiary/aromatic N) is 1. The third-order valence-electron chi connectivity index (χ3n) is 2.95. The first-order valence-electron chi connectivity index (χ1n) is 6.18. The van der Waals surface area contributed by atoms with Crippen LogP contribution >= 0.6 is 15.9 Å². The fraction of sp³-hybridized carbons (Fsp3) is 0.571. The quantitative estimate of drug-likeness (QED) is 0.892. The van der Waals surface area contributed by atoms with E-state index in [0.29, 0.717) is 0 Å². The minimum atomic E-state index is 0.0846. The van der Waals surface area contributed by atoms with Gasteiger partial charge in [0, 0.05) is 24.1 Å². The molecule has 0 radical (unpaired) electrons. The van der Waals surface area contributed by atoms with Crippen LogP contribution in [0.25, 0.3) is 0 Å². The van der Waals surface area contributed by atoms with Crippen LogP contribution in [-0.2, 0) is 0 Å². The minimum Gasteiger partial charge on any atom is -0.374 e. The van der Waals surface area contributed by atoms with Crippen molar-refractivity contribution in [3.8, 4) is 0 Å². The van der Waals surface area contributed by atoms with E-state index < -0.39 is 0 Å². The van der Waals surface area contributed by atoms with Crippen molar-refractivity contribution in [2.45, 2.75) is 33.2 Å². The van der Waals surface area contributed by atoms with Gasteiger partial charge in [-0.25, -0.2) is 0 Å². The van der Waals surface area contributed by atoms with Crippen LogP contribution in [0.3, 0.4) is 0 Å². The number of nitrogens with two attached hydrogens (primary N) is 1. The van der Waals surface area contributed by atoms with Gasteiger partial charge in [-0.1, -0.05) is 19.9 Å². The zero-order valence-electron chi connectivity index (χ0n) is 11.2. The summed E-state index contributed by atoms with van der Waals surface area (Å²) in [5.41, 5.74) is 8.27. The van der Waals surface area contributed by atoms with Gasteiger partial charge in [0.1, 0.15) is 0 Å². The highest BCUT2D eigenvalue weighted by Gasteiger charge is 2.08. The zero-order valence-corrected chi connectivity index (χ0v) is 12.8. The Balaban J connectivity index is 2.77. The van der Waals surface area contributed by atoms with Crippen molar-refractivity contribution in [3.05, 3.63) is 28.2 Å². The lowest BCUT2D eigenvalue weighted by molar-refractivity contribution is 0.585. The molecule has 2 N–H and O–H groups in total. The average molecular weight is 299 g/mol. The molecule has 2 nitrogen and oxygen atoms in total. The third-order valence-corrected chi connectivity index (χ3v) is 3.59. The van der Waals surface area contributed by atoms with Gasteiger partial charge in [0.2, 0.25) is 0 Å². The van der Waals surface area contributed by atoms with E-state index >= 15 is 0 Å². The number of rotatable bonds is 5. The molecule has 0 spiro atoms. The van der Waals surface area contributed by atoms with Crippen LogP contribution in [-0.4, -0.2) is 13.6 Å². The standard InChI is InChI=1S/C14H23BrN2/c1-10(2)7-8-17(4)14-6-5-12(11(3)16)9-13(14)15/h5-6,9-11H,7-8,16H2,1-4H3/t11-/m0/s1. The molecule has 0 aromatic heterocycles. The van der Waals surface area contributed by atoms with Crippen LogP contribution in [0.2, 0.25) is 0 Å². The van der Waals surface area contributed by atoms with E-state index in [4.69, 9.17) is 5.73 Å². The predicted octanol–water partition coefficient (Wildman–Crippen LogP) is 3.95. The number of hydrogen-bond donors (Lipinski definition) is 1. The summed E-state index contributed by atoms with van der Waals surface area (Å²) >= 11 is 3.63. The fourth-order valence-corrected chi connectivity index (χ4v) is 2.39. The molecule has 1 aromatic rings. The molecule has 0 aliphatic carbocycles. The molecule has 0 unspecified atom stereocenters. The lowest BCUT2D eigenvalue weighted by Crippen LogP contribution is -2.20. The zero-order chi connectivity index (χ0) is 13.0. The van der Waals surface area contributed by atoms with Crippen molar-refractivity contribution < 1.29 is 0 Å². The SMILES string of the molecule is CC(C)CCN(C)c1ccc([C@H](C)N)cc1Br. The van der Waals surface area contributed by atoms with Gasteiger partial charge in [0.05, 0.1) is 5.69 Å². The Morgan fingerprint density at radius 3 is 2.41 bits per heavy atom. The maximum absolute atomic E-state index is 5.87. The summed E-state index contributed by atoms with van der Waals surface area (Å²) in [6, 6.07) is 6.45. The molecule has 0 heterocycles. The van der Waals surface area contributed by atoms with E-state index in [2.05, 4.69) is 59.9 Å². The molecular formula is C14H23BrN2. The minimum absolute atomic E-state index is 0.0846. The molecule has 96 valence electrons. The molecule has 0 fully saturated rings. The Kier molecular flexibility index (Phi) is 5.47. The number of hydrogen-bond acceptors (Lipinski definition) is 2. The van der Waals surface area contributed by atoms with Crippen LogP contribution in [0, 0.1) is 5.92 Å². The second-order valence-corrected chi connectivity index (χ2v) is 5.96. The van der Waals surface area contributed by atoms with Gasteiger partial charge >= 0.3 is 0 Å². The first-order valence-corrected chi connectivity index (χ1v) is 6.97. The normalized spacial score (nSPS) is 12.9. The van der Waals surface area contributed by atoms with E-state index in [0.717, 1.165) is 22.5 Å². The topological polar surface area (TPSA) is 29.3 Å². The molecule has 1 aromatic carbocycles.